The van der Waals surface area contributed by atoms with Crippen LogP contribution in [0.15, 0.2) is 72.9 Å². The average molecular weight is 457 g/mol. The van der Waals surface area contributed by atoms with E-state index in [2.05, 4.69) is 15.6 Å². The van der Waals surface area contributed by atoms with Crippen LogP contribution >= 0.6 is 0 Å². The summed E-state index contributed by atoms with van der Waals surface area (Å²) in [5.74, 6) is 0.217. The minimum atomic E-state index is -4.37. The first kappa shape index (κ1) is 24.3. The van der Waals surface area contributed by atoms with Crippen LogP contribution in [-0.4, -0.2) is 25.0 Å². The van der Waals surface area contributed by atoms with E-state index in [0.717, 1.165) is 28.8 Å². The van der Waals surface area contributed by atoms with Gasteiger partial charge in [0.1, 0.15) is 6.04 Å². The van der Waals surface area contributed by atoms with Crippen LogP contribution in [0.5, 0.6) is 5.88 Å². The lowest BCUT2D eigenvalue weighted by atomic mass is 9.96. The van der Waals surface area contributed by atoms with Gasteiger partial charge in [-0.05, 0) is 42.2 Å². The van der Waals surface area contributed by atoms with Crippen molar-refractivity contribution in [2.45, 2.75) is 31.1 Å². The Morgan fingerprint density at radius 2 is 1.73 bits per heavy atom. The maximum absolute atomic E-state index is 12.9. The number of aryl methyl sites for hydroxylation is 1. The second-order valence-corrected chi connectivity index (χ2v) is 7.51. The van der Waals surface area contributed by atoms with Crippen molar-refractivity contribution in [1.82, 2.24) is 15.6 Å². The van der Waals surface area contributed by atoms with Crippen LogP contribution in [0.4, 0.5) is 13.2 Å². The second kappa shape index (κ2) is 11.0. The van der Waals surface area contributed by atoms with Crippen molar-refractivity contribution in [1.29, 1.82) is 0 Å². The van der Waals surface area contributed by atoms with Crippen LogP contribution in [0.1, 0.15) is 40.8 Å². The first-order valence-electron chi connectivity index (χ1n) is 10.5. The van der Waals surface area contributed by atoms with Gasteiger partial charge in [0.05, 0.1) is 12.7 Å². The maximum Gasteiger partial charge on any atom is 0.416 e. The number of hydrogen-bond donors (Lipinski definition) is 2. The number of ether oxygens (including phenoxy) is 1. The Morgan fingerprint density at radius 3 is 2.33 bits per heavy atom. The highest BCUT2D eigenvalue weighted by molar-refractivity contribution is 5.83. The topological polar surface area (TPSA) is 63.2 Å². The number of rotatable bonds is 9. The number of alkyl halides is 3. The molecular weight excluding hydrogens is 431 g/mol. The van der Waals surface area contributed by atoms with E-state index in [4.69, 9.17) is 4.74 Å². The minimum absolute atomic E-state index is 0.205. The summed E-state index contributed by atoms with van der Waals surface area (Å²) in [6.07, 6.45) is -1.76. The fraction of sp³-hybridized carbons (Fsp3) is 0.280. The Kier molecular flexibility index (Phi) is 8.06. The van der Waals surface area contributed by atoms with E-state index in [1.54, 1.807) is 19.3 Å². The van der Waals surface area contributed by atoms with Gasteiger partial charge in [-0.1, -0.05) is 48.5 Å². The van der Waals surface area contributed by atoms with Crippen LogP contribution in [0.3, 0.4) is 0 Å². The van der Waals surface area contributed by atoms with Crippen LogP contribution in [0.2, 0.25) is 0 Å². The number of nitrogens with zero attached hydrogens (tertiary/aromatic N) is 1. The van der Waals surface area contributed by atoms with Gasteiger partial charge in [-0.25, -0.2) is 4.98 Å². The predicted octanol–water partition coefficient (Wildman–Crippen LogP) is 4.86. The van der Waals surface area contributed by atoms with Crippen molar-refractivity contribution in [3.8, 4) is 5.88 Å². The number of pyridine rings is 1. The lowest BCUT2D eigenvalue weighted by molar-refractivity contribution is -0.137. The molecule has 174 valence electrons. The van der Waals surface area contributed by atoms with Gasteiger partial charge in [-0.3, -0.25) is 10.1 Å². The summed E-state index contributed by atoms with van der Waals surface area (Å²) in [7, 11) is 3.09. The molecule has 1 amide bonds. The monoisotopic (exact) mass is 457 g/mol. The van der Waals surface area contributed by atoms with Crippen LogP contribution in [-0.2, 0) is 17.4 Å². The Hall–Kier alpha value is -3.39. The molecule has 2 atom stereocenters. The Balaban J connectivity index is 1.88. The Labute approximate surface area is 191 Å². The van der Waals surface area contributed by atoms with E-state index >= 15 is 0 Å². The van der Waals surface area contributed by atoms with E-state index in [0.29, 0.717) is 18.7 Å². The van der Waals surface area contributed by atoms with Gasteiger partial charge in [0.25, 0.3) is 0 Å². The van der Waals surface area contributed by atoms with E-state index in [-0.39, 0.29) is 11.9 Å². The number of halogens is 3. The third-order valence-electron chi connectivity index (χ3n) is 5.38. The molecular formula is C25H26F3N3O2. The summed E-state index contributed by atoms with van der Waals surface area (Å²) in [5, 5.41) is 6.09. The Bertz CT molecular complexity index is 1040. The highest BCUT2D eigenvalue weighted by Crippen LogP contribution is 2.31. The summed E-state index contributed by atoms with van der Waals surface area (Å²) in [4.78, 5) is 17.0. The lowest BCUT2D eigenvalue weighted by Gasteiger charge is -2.26. The molecule has 2 unspecified atom stereocenters. The molecule has 0 radical (unpaired) electrons. The summed E-state index contributed by atoms with van der Waals surface area (Å²) in [6.45, 7) is 0. The number of benzene rings is 2. The molecule has 0 aliphatic heterocycles. The highest BCUT2D eigenvalue weighted by atomic mass is 19.4. The van der Waals surface area contributed by atoms with Crippen molar-refractivity contribution in [2.24, 2.45) is 0 Å². The Morgan fingerprint density at radius 1 is 1.03 bits per heavy atom. The van der Waals surface area contributed by atoms with Crippen LogP contribution in [0, 0.1) is 0 Å². The number of amides is 1. The van der Waals surface area contributed by atoms with Gasteiger partial charge < -0.3 is 10.1 Å². The zero-order valence-electron chi connectivity index (χ0n) is 18.4. The molecule has 33 heavy (non-hydrogen) atoms. The number of carbonyl (C=O) groups excluding carboxylic acids is 1. The van der Waals surface area contributed by atoms with E-state index in [9.17, 15) is 18.0 Å². The fourth-order valence-electron chi connectivity index (χ4n) is 3.65. The normalized spacial score (nSPS) is 13.2. The average Bonchev–Trinajstić information content (AvgIpc) is 2.84. The molecule has 1 aromatic heterocycles. The molecule has 1 heterocycles. The first-order chi connectivity index (χ1) is 15.8. The minimum Gasteiger partial charge on any atom is -0.481 e. The molecule has 8 heteroatoms. The number of methoxy groups -OCH3 is 1. The standard InChI is InChI=1S/C25H26F3N3O2/c1-29-23(32)22(18-7-4-3-5-8-18)31-21(20-9-6-16-30-24(20)33-2)15-12-17-10-13-19(14-11-17)25(26,27)28/h3-11,13-14,16,21-22,31H,12,15H2,1-2H3,(H,29,32). The zero-order valence-corrected chi connectivity index (χ0v) is 18.4. The van der Waals surface area contributed by atoms with Crippen molar-refractivity contribution in [3.63, 3.8) is 0 Å². The quantitative estimate of drug-likeness (QED) is 0.482. The SMILES string of the molecule is CNC(=O)C(NC(CCc1ccc(C(F)(F)F)cc1)c1cccnc1OC)c1ccccc1. The smallest absolute Gasteiger partial charge is 0.416 e. The van der Waals surface area contributed by atoms with E-state index in [1.807, 2.05) is 36.4 Å². The second-order valence-electron chi connectivity index (χ2n) is 7.51. The first-order valence-corrected chi connectivity index (χ1v) is 10.5. The molecule has 0 saturated heterocycles. The van der Waals surface area contributed by atoms with E-state index < -0.39 is 17.8 Å². The fourth-order valence-corrected chi connectivity index (χ4v) is 3.65. The van der Waals surface area contributed by atoms with Crippen LogP contribution in [0.25, 0.3) is 0 Å². The molecule has 0 aliphatic rings. The molecule has 0 spiro atoms. The number of likely N-dealkylation sites (N-methyl/N-ethyl adjacent to an activating group) is 1. The lowest BCUT2D eigenvalue weighted by Crippen LogP contribution is -2.38. The van der Waals surface area contributed by atoms with Gasteiger partial charge >= 0.3 is 6.18 Å². The van der Waals surface area contributed by atoms with Gasteiger partial charge in [0.15, 0.2) is 0 Å². The van der Waals surface area contributed by atoms with Gasteiger partial charge in [0, 0.05) is 24.8 Å². The van der Waals surface area contributed by atoms with Crippen molar-refractivity contribution in [2.75, 3.05) is 14.2 Å². The molecule has 3 aromatic rings. The van der Waals surface area contributed by atoms with Crippen molar-refractivity contribution in [3.05, 3.63) is 95.2 Å². The molecule has 0 saturated carbocycles. The van der Waals surface area contributed by atoms with Crippen molar-refractivity contribution >= 4 is 5.91 Å². The highest BCUT2D eigenvalue weighted by Gasteiger charge is 2.30. The number of carbonyl (C=O) groups is 1. The van der Waals surface area contributed by atoms with Crippen LogP contribution < -0.4 is 15.4 Å². The maximum atomic E-state index is 12.9. The van der Waals surface area contributed by atoms with E-state index in [1.165, 1.54) is 19.2 Å². The third-order valence-corrected chi connectivity index (χ3v) is 5.38. The predicted molar refractivity (Wildman–Crippen MR) is 120 cm³/mol. The molecule has 3 rings (SSSR count). The summed E-state index contributed by atoms with van der Waals surface area (Å²) in [5.41, 5.74) is 1.63. The molecule has 2 aromatic carbocycles. The molecule has 2 N–H and O–H groups in total. The molecule has 0 fully saturated rings. The molecule has 5 nitrogen and oxygen atoms in total. The van der Waals surface area contributed by atoms with Gasteiger partial charge in [-0.2, -0.15) is 13.2 Å². The number of hydrogen-bond acceptors (Lipinski definition) is 4. The van der Waals surface area contributed by atoms with Gasteiger partial charge in [-0.15, -0.1) is 0 Å². The number of aromatic nitrogens is 1. The van der Waals surface area contributed by atoms with Crippen molar-refractivity contribution < 1.29 is 22.7 Å². The number of nitrogens with one attached hydrogen (secondary N) is 2. The molecule has 0 bridgehead atoms. The van der Waals surface area contributed by atoms with Gasteiger partial charge in [0.2, 0.25) is 11.8 Å². The summed E-state index contributed by atoms with van der Waals surface area (Å²) >= 11 is 0. The zero-order chi connectivity index (χ0) is 23.8. The third kappa shape index (κ3) is 6.32. The largest absolute Gasteiger partial charge is 0.481 e. The molecule has 0 aliphatic carbocycles. The summed E-state index contributed by atoms with van der Waals surface area (Å²) < 4.78 is 44.1. The summed E-state index contributed by atoms with van der Waals surface area (Å²) in [6, 6.07) is 17.1.